The third-order valence-electron chi connectivity index (χ3n) is 4.41. The van der Waals surface area contributed by atoms with Crippen LogP contribution in [-0.4, -0.2) is 24.2 Å². The van der Waals surface area contributed by atoms with Crippen molar-refractivity contribution in [3.8, 4) is 5.75 Å². The van der Waals surface area contributed by atoms with Gasteiger partial charge >= 0.3 is 0 Å². The monoisotopic (exact) mass is 295 g/mol. The summed E-state index contributed by atoms with van der Waals surface area (Å²) in [5.41, 5.74) is 2.68. The second-order valence-electron chi connectivity index (χ2n) is 6.00. The molecule has 22 heavy (non-hydrogen) atoms. The summed E-state index contributed by atoms with van der Waals surface area (Å²) in [6.07, 6.45) is 4.93. The van der Waals surface area contributed by atoms with Crippen molar-refractivity contribution < 1.29 is 4.74 Å². The van der Waals surface area contributed by atoms with Gasteiger partial charge in [-0.25, -0.2) is 0 Å². The summed E-state index contributed by atoms with van der Waals surface area (Å²) in [5, 5.41) is 0. The molecule has 0 amide bonds. The van der Waals surface area contributed by atoms with E-state index in [2.05, 4.69) is 66.4 Å². The van der Waals surface area contributed by atoms with Crippen LogP contribution in [0.3, 0.4) is 0 Å². The third-order valence-corrected chi connectivity index (χ3v) is 4.41. The SMILES string of the molecule is CCN1CCCCC1Oc1ccc(Cc2ccccc2)cc1. The molecule has 0 bridgehead atoms. The first-order chi connectivity index (χ1) is 10.8. The number of ether oxygens (including phenoxy) is 1. The van der Waals surface area contributed by atoms with E-state index < -0.39 is 0 Å². The molecule has 1 heterocycles. The molecule has 1 aliphatic rings. The second kappa shape index (κ2) is 7.46. The van der Waals surface area contributed by atoms with Gasteiger partial charge in [0.15, 0.2) is 6.23 Å². The molecule has 0 saturated carbocycles. The fourth-order valence-electron chi connectivity index (χ4n) is 3.13. The van der Waals surface area contributed by atoms with Crippen LogP contribution in [0.15, 0.2) is 54.6 Å². The summed E-state index contributed by atoms with van der Waals surface area (Å²) in [4.78, 5) is 2.43. The minimum atomic E-state index is 0.249. The summed E-state index contributed by atoms with van der Waals surface area (Å²) in [6, 6.07) is 19.2. The fraction of sp³-hybridized carbons (Fsp3) is 0.400. The second-order valence-corrected chi connectivity index (χ2v) is 6.00. The van der Waals surface area contributed by atoms with Gasteiger partial charge in [0.1, 0.15) is 5.75 Å². The van der Waals surface area contributed by atoms with Crippen molar-refractivity contribution in [1.82, 2.24) is 4.90 Å². The van der Waals surface area contributed by atoms with Crippen LogP contribution >= 0.6 is 0 Å². The first-order valence-electron chi connectivity index (χ1n) is 8.38. The van der Waals surface area contributed by atoms with E-state index in [-0.39, 0.29) is 6.23 Å². The molecule has 1 unspecified atom stereocenters. The maximum Gasteiger partial charge on any atom is 0.152 e. The van der Waals surface area contributed by atoms with Crippen LogP contribution in [0.2, 0.25) is 0 Å². The maximum absolute atomic E-state index is 6.19. The number of hydrogen-bond donors (Lipinski definition) is 0. The van der Waals surface area contributed by atoms with E-state index in [1.807, 2.05) is 0 Å². The number of piperidine rings is 1. The third kappa shape index (κ3) is 3.89. The summed E-state index contributed by atoms with van der Waals surface area (Å²) in [6.45, 7) is 4.44. The number of hydrogen-bond acceptors (Lipinski definition) is 2. The molecule has 0 N–H and O–H groups in total. The minimum absolute atomic E-state index is 0.249. The van der Waals surface area contributed by atoms with Gasteiger partial charge in [-0.3, -0.25) is 4.90 Å². The largest absolute Gasteiger partial charge is 0.475 e. The first kappa shape index (κ1) is 15.1. The quantitative estimate of drug-likeness (QED) is 0.806. The highest BCUT2D eigenvalue weighted by Crippen LogP contribution is 2.22. The van der Waals surface area contributed by atoms with Crippen molar-refractivity contribution in [2.75, 3.05) is 13.1 Å². The minimum Gasteiger partial charge on any atom is -0.475 e. The molecule has 2 aromatic rings. The van der Waals surface area contributed by atoms with E-state index in [9.17, 15) is 0 Å². The Morgan fingerprint density at radius 2 is 1.68 bits per heavy atom. The molecule has 1 atom stereocenters. The van der Waals surface area contributed by atoms with Gasteiger partial charge in [-0.05, 0) is 55.5 Å². The molecule has 1 fully saturated rings. The summed E-state index contributed by atoms with van der Waals surface area (Å²) in [7, 11) is 0. The average Bonchev–Trinajstić information content (AvgIpc) is 2.58. The van der Waals surface area contributed by atoms with Crippen molar-refractivity contribution >= 4 is 0 Å². The lowest BCUT2D eigenvalue weighted by molar-refractivity contribution is -0.0000801. The van der Waals surface area contributed by atoms with Crippen molar-refractivity contribution in [2.24, 2.45) is 0 Å². The predicted molar refractivity (Wildman–Crippen MR) is 91.2 cm³/mol. The zero-order valence-electron chi connectivity index (χ0n) is 13.4. The van der Waals surface area contributed by atoms with Crippen molar-refractivity contribution in [1.29, 1.82) is 0 Å². The molecule has 3 rings (SSSR count). The molecule has 1 saturated heterocycles. The van der Waals surface area contributed by atoms with Gasteiger partial charge in [-0.1, -0.05) is 49.4 Å². The summed E-state index contributed by atoms with van der Waals surface area (Å²) in [5.74, 6) is 0.988. The lowest BCUT2D eigenvalue weighted by Crippen LogP contribution is -2.42. The van der Waals surface area contributed by atoms with Gasteiger partial charge < -0.3 is 4.74 Å². The highest BCUT2D eigenvalue weighted by atomic mass is 16.5. The molecule has 2 heteroatoms. The summed E-state index contributed by atoms with van der Waals surface area (Å²) < 4.78 is 6.19. The Balaban J connectivity index is 1.61. The molecule has 116 valence electrons. The molecule has 0 spiro atoms. The van der Waals surface area contributed by atoms with E-state index in [0.717, 1.165) is 31.7 Å². The van der Waals surface area contributed by atoms with E-state index in [4.69, 9.17) is 4.74 Å². The topological polar surface area (TPSA) is 12.5 Å². The van der Waals surface area contributed by atoms with E-state index in [1.54, 1.807) is 0 Å². The zero-order valence-corrected chi connectivity index (χ0v) is 13.4. The average molecular weight is 295 g/mol. The van der Waals surface area contributed by atoms with Gasteiger partial charge in [-0.2, -0.15) is 0 Å². The Morgan fingerprint density at radius 3 is 2.41 bits per heavy atom. The van der Waals surface area contributed by atoms with Crippen LogP contribution in [-0.2, 0) is 6.42 Å². The molecule has 2 nitrogen and oxygen atoms in total. The van der Waals surface area contributed by atoms with Crippen LogP contribution in [0.4, 0.5) is 0 Å². The lowest BCUT2D eigenvalue weighted by Gasteiger charge is -2.34. The first-order valence-corrected chi connectivity index (χ1v) is 8.38. The van der Waals surface area contributed by atoms with Crippen LogP contribution in [0.5, 0.6) is 5.75 Å². The van der Waals surface area contributed by atoms with Crippen LogP contribution in [0.1, 0.15) is 37.3 Å². The fourth-order valence-corrected chi connectivity index (χ4v) is 3.13. The zero-order chi connectivity index (χ0) is 15.2. The van der Waals surface area contributed by atoms with E-state index in [1.165, 1.54) is 24.0 Å². The van der Waals surface area contributed by atoms with Crippen LogP contribution < -0.4 is 4.74 Å². The van der Waals surface area contributed by atoms with Gasteiger partial charge in [0.2, 0.25) is 0 Å². The standard InChI is InChI=1S/C20H25NO/c1-2-21-15-7-6-10-20(21)22-19-13-11-18(12-14-19)16-17-8-4-3-5-9-17/h3-5,8-9,11-14,20H,2,6-7,10,15-16H2,1H3. The normalized spacial score (nSPS) is 19.0. The molecule has 0 radical (unpaired) electrons. The number of benzene rings is 2. The number of likely N-dealkylation sites (tertiary alicyclic amines) is 1. The van der Waals surface area contributed by atoms with Crippen molar-refractivity contribution in [3.63, 3.8) is 0 Å². The summed E-state index contributed by atoms with van der Waals surface area (Å²) >= 11 is 0. The van der Waals surface area contributed by atoms with Crippen molar-refractivity contribution in [3.05, 3.63) is 65.7 Å². The molecular weight excluding hydrogens is 270 g/mol. The smallest absolute Gasteiger partial charge is 0.152 e. The molecule has 0 aliphatic carbocycles. The number of rotatable bonds is 5. The van der Waals surface area contributed by atoms with Gasteiger partial charge in [0.25, 0.3) is 0 Å². The highest BCUT2D eigenvalue weighted by Gasteiger charge is 2.22. The molecular formula is C20H25NO. The van der Waals surface area contributed by atoms with Gasteiger partial charge in [0.05, 0.1) is 0 Å². The number of nitrogens with zero attached hydrogens (tertiary/aromatic N) is 1. The van der Waals surface area contributed by atoms with Gasteiger partial charge in [0, 0.05) is 6.54 Å². The maximum atomic E-state index is 6.19. The lowest BCUT2D eigenvalue weighted by atomic mass is 10.1. The molecule has 0 aromatic heterocycles. The Bertz CT molecular complexity index is 564. The Hall–Kier alpha value is -1.80. The predicted octanol–water partition coefficient (Wildman–Crippen LogP) is 4.49. The Labute approximate surface area is 133 Å². The van der Waals surface area contributed by atoms with E-state index in [0.29, 0.717) is 0 Å². The Morgan fingerprint density at radius 1 is 0.955 bits per heavy atom. The van der Waals surface area contributed by atoms with Crippen LogP contribution in [0, 0.1) is 0 Å². The highest BCUT2D eigenvalue weighted by molar-refractivity contribution is 5.31. The van der Waals surface area contributed by atoms with Crippen LogP contribution in [0.25, 0.3) is 0 Å². The molecule has 1 aliphatic heterocycles. The Kier molecular flexibility index (Phi) is 5.12. The molecule has 2 aromatic carbocycles. The van der Waals surface area contributed by atoms with Crippen molar-refractivity contribution in [2.45, 2.75) is 38.8 Å². The van der Waals surface area contributed by atoms with Gasteiger partial charge in [-0.15, -0.1) is 0 Å². The van der Waals surface area contributed by atoms with E-state index >= 15 is 0 Å².